The van der Waals surface area contributed by atoms with Gasteiger partial charge in [0.15, 0.2) is 11.3 Å². The van der Waals surface area contributed by atoms with E-state index in [0.717, 1.165) is 10.9 Å². The molecular formula is C15H16ClNO3S. The van der Waals surface area contributed by atoms with Crippen LogP contribution < -0.4 is 0 Å². The third-order valence-corrected chi connectivity index (χ3v) is 5.68. The molecule has 1 aliphatic rings. The molecular weight excluding hydrogens is 310 g/mol. The number of furan rings is 1. The van der Waals surface area contributed by atoms with E-state index < -0.39 is 10.8 Å². The first-order valence-electron chi connectivity index (χ1n) is 6.82. The van der Waals surface area contributed by atoms with Crippen LogP contribution in [-0.2, 0) is 10.8 Å². The van der Waals surface area contributed by atoms with E-state index in [1.165, 1.54) is 0 Å². The number of aryl methyl sites for hydroxylation is 1. The number of hydrogen-bond acceptors (Lipinski definition) is 3. The van der Waals surface area contributed by atoms with Crippen molar-refractivity contribution in [1.29, 1.82) is 0 Å². The summed E-state index contributed by atoms with van der Waals surface area (Å²) in [5.74, 6) is 1.23. The van der Waals surface area contributed by atoms with Crippen LogP contribution in [0.15, 0.2) is 22.6 Å². The zero-order chi connectivity index (χ0) is 15.1. The van der Waals surface area contributed by atoms with Crippen LogP contribution in [0, 0.1) is 6.92 Å². The first-order chi connectivity index (χ1) is 9.99. The van der Waals surface area contributed by atoms with Gasteiger partial charge < -0.3 is 9.32 Å². The maximum Gasteiger partial charge on any atom is 0.290 e. The second-order valence-electron chi connectivity index (χ2n) is 5.33. The summed E-state index contributed by atoms with van der Waals surface area (Å²) >= 11 is 6.12. The number of halogens is 1. The number of carbonyl (C=O) groups excluding carboxylic acids is 1. The second kappa shape index (κ2) is 5.46. The molecule has 3 rings (SSSR count). The monoisotopic (exact) mass is 325 g/mol. The molecule has 1 aromatic carbocycles. The summed E-state index contributed by atoms with van der Waals surface area (Å²) in [5, 5.41) is 1.36. The standard InChI is InChI=1S/C15H16ClNO3S/c1-9-8-21(19)7-6-17(9)15(18)13-10(2)11-4-3-5-12(16)14(11)20-13/h3-5,9H,6-8H2,1-2H3. The smallest absolute Gasteiger partial charge is 0.290 e. The molecule has 2 atom stereocenters. The molecule has 1 aliphatic heterocycles. The zero-order valence-electron chi connectivity index (χ0n) is 11.9. The maximum atomic E-state index is 12.7. The Labute approximate surface area is 130 Å². The Morgan fingerprint density at radius 2 is 2.24 bits per heavy atom. The van der Waals surface area contributed by atoms with Crippen molar-refractivity contribution in [3.63, 3.8) is 0 Å². The molecule has 1 aromatic heterocycles. The Morgan fingerprint density at radius 3 is 2.90 bits per heavy atom. The van der Waals surface area contributed by atoms with Crippen LogP contribution in [0.1, 0.15) is 23.0 Å². The van der Waals surface area contributed by atoms with Gasteiger partial charge in [-0.2, -0.15) is 0 Å². The Morgan fingerprint density at radius 1 is 1.48 bits per heavy atom. The quantitative estimate of drug-likeness (QED) is 0.810. The highest BCUT2D eigenvalue weighted by atomic mass is 35.5. The van der Waals surface area contributed by atoms with Gasteiger partial charge in [0.1, 0.15) is 0 Å². The van der Waals surface area contributed by atoms with Crippen LogP contribution in [0.2, 0.25) is 5.02 Å². The minimum atomic E-state index is -0.833. The lowest BCUT2D eigenvalue weighted by atomic mass is 10.1. The average molecular weight is 326 g/mol. The Balaban J connectivity index is 2.00. The lowest BCUT2D eigenvalue weighted by Crippen LogP contribution is -2.48. The summed E-state index contributed by atoms with van der Waals surface area (Å²) in [6.45, 7) is 4.28. The van der Waals surface area contributed by atoms with Crippen molar-refractivity contribution in [3.8, 4) is 0 Å². The molecule has 112 valence electrons. The summed E-state index contributed by atoms with van der Waals surface area (Å²) in [6, 6.07) is 5.43. The van der Waals surface area contributed by atoms with Crippen molar-refractivity contribution in [3.05, 3.63) is 34.5 Å². The summed E-state index contributed by atoms with van der Waals surface area (Å²) in [4.78, 5) is 14.4. The maximum absolute atomic E-state index is 12.7. The molecule has 21 heavy (non-hydrogen) atoms. The Bertz CT molecular complexity index is 740. The van der Waals surface area contributed by atoms with Gasteiger partial charge in [-0.25, -0.2) is 0 Å². The van der Waals surface area contributed by atoms with Crippen LogP contribution >= 0.6 is 11.6 Å². The van der Waals surface area contributed by atoms with E-state index in [1.54, 1.807) is 11.0 Å². The van der Waals surface area contributed by atoms with Crippen LogP contribution in [-0.4, -0.2) is 39.1 Å². The van der Waals surface area contributed by atoms with E-state index in [-0.39, 0.29) is 11.9 Å². The van der Waals surface area contributed by atoms with Gasteiger partial charge in [0.2, 0.25) is 0 Å². The molecule has 2 unspecified atom stereocenters. The molecule has 1 saturated heterocycles. The fourth-order valence-electron chi connectivity index (χ4n) is 2.71. The van der Waals surface area contributed by atoms with Gasteiger partial charge in [-0.15, -0.1) is 0 Å². The third-order valence-electron chi connectivity index (χ3n) is 3.89. The summed E-state index contributed by atoms with van der Waals surface area (Å²) in [5.41, 5.74) is 1.35. The summed E-state index contributed by atoms with van der Waals surface area (Å²) < 4.78 is 17.3. The minimum absolute atomic E-state index is 0.0461. The number of nitrogens with zero attached hydrogens (tertiary/aromatic N) is 1. The molecule has 1 fully saturated rings. The van der Waals surface area contributed by atoms with Crippen molar-refractivity contribution in [2.45, 2.75) is 19.9 Å². The van der Waals surface area contributed by atoms with E-state index in [9.17, 15) is 9.00 Å². The third kappa shape index (κ3) is 2.49. The van der Waals surface area contributed by atoms with Gasteiger partial charge in [0, 0.05) is 45.8 Å². The summed E-state index contributed by atoms with van der Waals surface area (Å²) in [7, 11) is -0.833. The summed E-state index contributed by atoms with van der Waals surface area (Å²) in [6.07, 6.45) is 0. The second-order valence-corrected chi connectivity index (χ2v) is 7.36. The topological polar surface area (TPSA) is 50.5 Å². The van der Waals surface area contributed by atoms with E-state index >= 15 is 0 Å². The molecule has 1 amide bonds. The first kappa shape index (κ1) is 14.6. The number of rotatable bonds is 1. The fraction of sp³-hybridized carbons (Fsp3) is 0.400. The lowest BCUT2D eigenvalue weighted by molar-refractivity contribution is 0.0683. The molecule has 0 radical (unpaired) electrons. The van der Waals surface area contributed by atoms with Crippen molar-refractivity contribution in [2.24, 2.45) is 0 Å². The van der Waals surface area contributed by atoms with Crippen LogP contribution in [0.4, 0.5) is 0 Å². The van der Waals surface area contributed by atoms with Crippen LogP contribution in [0.25, 0.3) is 11.0 Å². The number of fused-ring (bicyclic) bond motifs is 1. The van der Waals surface area contributed by atoms with E-state index in [0.29, 0.717) is 34.4 Å². The average Bonchev–Trinajstić information content (AvgIpc) is 2.77. The Hall–Kier alpha value is -1.33. The number of hydrogen-bond donors (Lipinski definition) is 0. The van der Waals surface area contributed by atoms with Gasteiger partial charge in [-0.05, 0) is 19.9 Å². The molecule has 0 saturated carbocycles. The molecule has 0 bridgehead atoms. The van der Waals surface area contributed by atoms with E-state index in [2.05, 4.69) is 0 Å². The van der Waals surface area contributed by atoms with Crippen molar-refractivity contribution in [2.75, 3.05) is 18.1 Å². The van der Waals surface area contributed by atoms with Crippen LogP contribution in [0.3, 0.4) is 0 Å². The van der Waals surface area contributed by atoms with Gasteiger partial charge in [0.25, 0.3) is 5.91 Å². The fourth-order valence-corrected chi connectivity index (χ4v) is 4.21. The molecule has 0 N–H and O–H groups in total. The van der Waals surface area contributed by atoms with Gasteiger partial charge in [0.05, 0.1) is 5.02 Å². The van der Waals surface area contributed by atoms with Gasteiger partial charge >= 0.3 is 0 Å². The van der Waals surface area contributed by atoms with E-state index in [1.807, 2.05) is 26.0 Å². The number of amides is 1. The van der Waals surface area contributed by atoms with Crippen molar-refractivity contribution >= 4 is 39.3 Å². The predicted octanol–water partition coefficient (Wildman–Crippen LogP) is 2.99. The SMILES string of the molecule is Cc1c(C(=O)N2CCS(=O)CC2C)oc2c(Cl)cccc12. The molecule has 2 aromatic rings. The van der Waals surface area contributed by atoms with Gasteiger partial charge in [-0.3, -0.25) is 9.00 Å². The van der Waals surface area contributed by atoms with Crippen molar-refractivity contribution < 1.29 is 13.4 Å². The molecule has 4 nitrogen and oxygen atoms in total. The number of para-hydroxylation sites is 1. The minimum Gasteiger partial charge on any atom is -0.449 e. The lowest BCUT2D eigenvalue weighted by Gasteiger charge is -2.32. The molecule has 2 heterocycles. The highest BCUT2D eigenvalue weighted by Gasteiger charge is 2.31. The number of benzene rings is 1. The molecule has 0 aliphatic carbocycles. The predicted molar refractivity (Wildman–Crippen MR) is 84.3 cm³/mol. The van der Waals surface area contributed by atoms with E-state index in [4.69, 9.17) is 16.0 Å². The van der Waals surface area contributed by atoms with Crippen LogP contribution in [0.5, 0.6) is 0 Å². The zero-order valence-corrected chi connectivity index (χ0v) is 13.5. The van der Waals surface area contributed by atoms with Gasteiger partial charge in [-0.1, -0.05) is 23.7 Å². The first-order valence-corrected chi connectivity index (χ1v) is 8.69. The van der Waals surface area contributed by atoms with Crippen molar-refractivity contribution in [1.82, 2.24) is 4.90 Å². The largest absolute Gasteiger partial charge is 0.449 e. The highest BCUT2D eigenvalue weighted by molar-refractivity contribution is 7.85. The molecule has 6 heteroatoms. The molecule has 0 spiro atoms. The number of carbonyl (C=O) groups is 1. The highest BCUT2D eigenvalue weighted by Crippen LogP contribution is 2.31. The normalized spacial score (nSPS) is 22.7. The Kier molecular flexibility index (Phi) is 3.80.